The highest BCUT2D eigenvalue weighted by molar-refractivity contribution is 5.89. The molecule has 0 amide bonds. The number of halogens is 1. The largest absolute Gasteiger partial charge is 0.459 e. The zero-order chi connectivity index (χ0) is 18.9. The number of nitrogens with zero attached hydrogens (tertiary/aromatic N) is 2. The van der Waals surface area contributed by atoms with Crippen molar-refractivity contribution < 1.29 is 9.53 Å². The van der Waals surface area contributed by atoms with Gasteiger partial charge in [0.1, 0.15) is 17.3 Å². The summed E-state index contributed by atoms with van der Waals surface area (Å²) in [5.41, 5.74) is 1.21. The highest BCUT2D eigenvalue weighted by Crippen LogP contribution is 2.43. The third kappa shape index (κ3) is 3.45. The highest BCUT2D eigenvalue weighted by atomic mass is 35.5. The Balaban J connectivity index is 0.00000225. The molecule has 0 N–H and O–H groups in total. The first-order chi connectivity index (χ1) is 13.1. The van der Waals surface area contributed by atoms with Gasteiger partial charge in [0.2, 0.25) is 0 Å². The third-order valence-corrected chi connectivity index (χ3v) is 5.35. The lowest BCUT2D eigenvalue weighted by Crippen LogP contribution is -2.33. The van der Waals surface area contributed by atoms with Crippen molar-refractivity contribution in [3.05, 3.63) is 90.0 Å². The molecule has 0 radical (unpaired) electrons. The number of hydrogen-bond acceptors (Lipinski definition) is 3. The van der Waals surface area contributed by atoms with Crippen LogP contribution in [0.4, 0.5) is 0 Å². The molecule has 0 spiro atoms. The molecule has 0 saturated carbocycles. The van der Waals surface area contributed by atoms with E-state index in [0.29, 0.717) is 18.9 Å². The van der Waals surface area contributed by atoms with Crippen molar-refractivity contribution in [2.24, 2.45) is 0 Å². The van der Waals surface area contributed by atoms with Crippen molar-refractivity contribution in [3.8, 4) is 0 Å². The normalized spacial score (nSPS) is 18.0. The maximum absolute atomic E-state index is 13.2. The van der Waals surface area contributed by atoms with Crippen LogP contribution in [0.1, 0.15) is 43.1 Å². The van der Waals surface area contributed by atoms with E-state index in [2.05, 4.69) is 23.4 Å². The van der Waals surface area contributed by atoms with Crippen molar-refractivity contribution in [2.75, 3.05) is 0 Å². The third-order valence-electron chi connectivity index (χ3n) is 5.35. The molecule has 1 atom stereocenters. The number of rotatable bonds is 5. The summed E-state index contributed by atoms with van der Waals surface area (Å²) in [5, 5.41) is 0. The molecule has 0 aliphatic carbocycles. The second kappa shape index (κ2) is 8.19. The Morgan fingerprint density at radius 3 is 2.18 bits per heavy atom. The minimum atomic E-state index is -0.758. The quantitative estimate of drug-likeness (QED) is 0.585. The summed E-state index contributed by atoms with van der Waals surface area (Å²) in [6, 6.07) is 19.9. The zero-order valence-corrected chi connectivity index (χ0v) is 16.9. The summed E-state index contributed by atoms with van der Waals surface area (Å²) in [7, 11) is 0. The van der Waals surface area contributed by atoms with Crippen LogP contribution in [0.3, 0.4) is 0 Å². The van der Waals surface area contributed by atoms with E-state index in [1.807, 2.05) is 73.1 Å². The molecule has 1 saturated heterocycles. The minimum absolute atomic E-state index is 0. The summed E-state index contributed by atoms with van der Waals surface area (Å²) >= 11 is 0. The smallest absolute Gasteiger partial charge is 0.321 e. The fourth-order valence-electron chi connectivity index (χ4n) is 4.10. The lowest BCUT2D eigenvalue weighted by atomic mass is 9.72. The van der Waals surface area contributed by atoms with Crippen molar-refractivity contribution >= 4 is 18.4 Å². The van der Waals surface area contributed by atoms with Crippen LogP contribution in [0.5, 0.6) is 0 Å². The molecule has 4 rings (SSSR count). The molecule has 2 aromatic carbocycles. The Morgan fingerprint density at radius 1 is 1.07 bits per heavy atom. The van der Waals surface area contributed by atoms with E-state index in [1.165, 1.54) is 0 Å². The molecule has 0 bridgehead atoms. The second-order valence-corrected chi connectivity index (χ2v) is 7.46. The highest BCUT2D eigenvalue weighted by Gasteiger charge is 2.51. The van der Waals surface area contributed by atoms with Crippen LogP contribution < -0.4 is 0 Å². The number of carbonyl (C=O) groups excluding carboxylic acids is 1. The van der Waals surface area contributed by atoms with E-state index in [0.717, 1.165) is 17.0 Å². The van der Waals surface area contributed by atoms with Gasteiger partial charge in [0.25, 0.3) is 0 Å². The molecule has 1 aliphatic heterocycles. The molecular weight excluding hydrogens is 372 g/mol. The Hall–Kier alpha value is -2.59. The van der Waals surface area contributed by atoms with Crippen molar-refractivity contribution in [1.82, 2.24) is 9.55 Å². The number of benzene rings is 2. The fourth-order valence-corrected chi connectivity index (χ4v) is 4.10. The number of imidazole rings is 1. The van der Waals surface area contributed by atoms with Gasteiger partial charge in [0.05, 0.1) is 6.54 Å². The van der Waals surface area contributed by atoms with Crippen LogP contribution in [0.15, 0.2) is 73.1 Å². The molecular formula is C23H25ClN2O2. The van der Waals surface area contributed by atoms with Crippen LogP contribution in [0, 0.1) is 0 Å². The van der Waals surface area contributed by atoms with Gasteiger partial charge in [-0.15, -0.1) is 12.4 Å². The van der Waals surface area contributed by atoms with Gasteiger partial charge >= 0.3 is 5.97 Å². The van der Waals surface area contributed by atoms with Crippen LogP contribution in [0.25, 0.3) is 0 Å². The van der Waals surface area contributed by atoms with Gasteiger partial charge in [-0.1, -0.05) is 74.5 Å². The van der Waals surface area contributed by atoms with E-state index in [1.54, 1.807) is 0 Å². The maximum Gasteiger partial charge on any atom is 0.321 e. The number of cyclic esters (lactones) is 1. The average Bonchev–Trinajstić information content (AvgIpc) is 3.28. The molecule has 28 heavy (non-hydrogen) atoms. The Kier molecular flexibility index (Phi) is 5.90. The molecule has 1 aromatic heterocycles. The summed E-state index contributed by atoms with van der Waals surface area (Å²) < 4.78 is 8.01. The summed E-state index contributed by atoms with van der Waals surface area (Å²) in [6.07, 6.45) is 4.21. The van der Waals surface area contributed by atoms with Gasteiger partial charge in [-0.3, -0.25) is 4.79 Å². The lowest BCUT2D eigenvalue weighted by Gasteiger charge is -2.26. The molecule has 1 fully saturated rings. The van der Waals surface area contributed by atoms with Gasteiger partial charge < -0.3 is 9.30 Å². The van der Waals surface area contributed by atoms with Gasteiger partial charge in [0.15, 0.2) is 0 Å². The summed E-state index contributed by atoms with van der Waals surface area (Å²) in [4.78, 5) is 17.7. The first-order valence-electron chi connectivity index (χ1n) is 9.44. The van der Waals surface area contributed by atoms with Crippen LogP contribution in [0.2, 0.25) is 0 Å². The molecule has 1 unspecified atom stereocenters. The molecule has 1 aliphatic rings. The number of esters is 1. The number of ether oxygens (including phenoxy) is 1. The van der Waals surface area contributed by atoms with Crippen molar-refractivity contribution in [1.29, 1.82) is 0 Å². The number of carbonyl (C=O) groups is 1. The summed E-state index contributed by atoms with van der Waals surface area (Å²) in [5.74, 6) is 1.17. The maximum atomic E-state index is 13.2. The lowest BCUT2D eigenvalue weighted by molar-refractivity contribution is -0.145. The monoisotopic (exact) mass is 396 g/mol. The first-order valence-corrected chi connectivity index (χ1v) is 9.44. The Morgan fingerprint density at radius 2 is 1.64 bits per heavy atom. The predicted molar refractivity (Wildman–Crippen MR) is 112 cm³/mol. The van der Waals surface area contributed by atoms with E-state index < -0.39 is 5.41 Å². The molecule has 146 valence electrons. The van der Waals surface area contributed by atoms with E-state index in [9.17, 15) is 4.79 Å². The van der Waals surface area contributed by atoms with Crippen LogP contribution >= 0.6 is 12.4 Å². The Bertz CT molecular complexity index is 883. The SMILES string of the molecule is CC(C)c1nccn1CC1CC(c2ccccc2)(c2ccccc2)C(=O)O1.Cl. The van der Waals surface area contributed by atoms with Gasteiger partial charge in [0, 0.05) is 24.7 Å². The van der Waals surface area contributed by atoms with Gasteiger partial charge in [-0.2, -0.15) is 0 Å². The van der Waals surface area contributed by atoms with Crippen LogP contribution in [-0.4, -0.2) is 21.6 Å². The first kappa shape index (κ1) is 20.2. The minimum Gasteiger partial charge on any atom is -0.459 e. The van der Waals surface area contributed by atoms with E-state index >= 15 is 0 Å². The number of hydrogen-bond donors (Lipinski definition) is 0. The molecule has 3 aromatic rings. The average molecular weight is 397 g/mol. The zero-order valence-electron chi connectivity index (χ0n) is 16.1. The molecule has 5 heteroatoms. The van der Waals surface area contributed by atoms with Gasteiger partial charge in [-0.25, -0.2) is 4.98 Å². The number of aromatic nitrogens is 2. The van der Waals surface area contributed by atoms with Crippen molar-refractivity contribution in [2.45, 2.75) is 44.2 Å². The standard InChI is InChI=1S/C23H24N2O2.ClH/c1-17(2)21-24-13-14-25(21)16-20-15-23(22(26)27-20,18-9-5-3-6-10-18)19-11-7-4-8-12-19;/h3-14,17,20H,15-16H2,1-2H3;1H. The fraction of sp³-hybridized carbons (Fsp3) is 0.304. The predicted octanol–water partition coefficient (Wildman–Crippen LogP) is 4.73. The van der Waals surface area contributed by atoms with Crippen LogP contribution in [-0.2, 0) is 21.5 Å². The molecule has 4 nitrogen and oxygen atoms in total. The van der Waals surface area contributed by atoms with Crippen molar-refractivity contribution in [3.63, 3.8) is 0 Å². The van der Waals surface area contributed by atoms with E-state index in [4.69, 9.17) is 4.74 Å². The Labute approximate surface area is 172 Å². The van der Waals surface area contributed by atoms with E-state index in [-0.39, 0.29) is 24.5 Å². The van der Waals surface area contributed by atoms with Gasteiger partial charge in [-0.05, 0) is 11.1 Å². The second-order valence-electron chi connectivity index (χ2n) is 7.46. The summed E-state index contributed by atoms with van der Waals surface area (Å²) in [6.45, 7) is 4.87. The molecule has 2 heterocycles. The topological polar surface area (TPSA) is 44.1 Å².